The van der Waals surface area contributed by atoms with Gasteiger partial charge in [0, 0.05) is 6.54 Å². The quantitative estimate of drug-likeness (QED) is 0.560. The van der Waals surface area contributed by atoms with Crippen LogP contribution >= 0.6 is 0 Å². The van der Waals surface area contributed by atoms with Crippen molar-refractivity contribution in [3.05, 3.63) is 24.3 Å². The predicted octanol–water partition coefficient (Wildman–Crippen LogP) is 0.231. The van der Waals surface area contributed by atoms with Crippen LogP contribution in [-0.4, -0.2) is 48.3 Å². The molecule has 98 valence electrons. The molecule has 2 N–H and O–H groups in total. The zero-order valence-corrected chi connectivity index (χ0v) is 10.6. The summed E-state index contributed by atoms with van der Waals surface area (Å²) < 4.78 is 5.61. The van der Waals surface area contributed by atoms with Crippen molar-refractivity contribution in [2.24, 2.45) is 0 Å². The molecule has 1 heterocycles. The Labute approximate surface area is 108 Å². The number of likely N-dealkylation sites (tertiary alicyclic amines) is 1. The second kappa shape index (κ2) is 6.78. The van der Waals surface area contributed by atoms with Crippen molar-refractivity contribution in [3.63, 3.8) is 0 Å². The Morgan fingerprint density at radius 2 is 2.00 bits per heavy atom. The van der Waals surface area contributed by atoms with Crippen molar-refractivity contribution < 1.29 is 14.8 Å². The average Bonchev–Trinajstić information content (AvgIpc) is 2.88. The second-order valence-electron chi connectivity index (χ2n) is 4.70. The highest BCUT2D eigenvalue weighted by molar-refractivity contribution is 6.58. The normalized spacial score (nSPS) is 15.9. The smallest absolute Gasteiger partial charge is 0.488 e. The Morgan fingerprint density at radius 3 is 2.72 bits per heavy atom. The maximum absolute atomic E-state index is 9.06. The molecule has 0 unspecified atom stereocenters. The molecule has 0 amide bonds. The summed E-state index contributed by atoms with van der Waals surface area (Å²) in [7, 11) is -1.43. The average molecular weight is 249 g/mol. The highest BCUT2D eigenvalue weighted by atomic mass is 16.5. The molecule has 1 aromatic rings. The highest BCUT2D eigenvalue weighted by Gasteiger charge is 2.12. The molecule has 1 aliphatic rings. The van der Waals surface area contributed by atoms with Crippen LogP contribution in [0.25, 0.3) is 0 Å². The molecule has 0 atom stereocenters. The summed E-state index contributed by atoms with van der Waals surface area (Å²) in [4.78, 5) is 2.46. The zero-order chi connectivity index (χ0) is 12.8. The van der Waals surface area contributed by atoms with E-state index in [9.17, 15) is 0 Å². The Balaban J connectivity index is 1.70. The van der Waals surface area contributed by atoms with E-state index in [4.69, 9.17) is 14.8 Å². The van der Waals surface area contributed by atoms with E-state index >= 15 is 0 Å². The molecule has 2 rings (SSSR count). The van der Waals surface area contributed by atoms with E-state index in [2.05, 4.69) is 4.90 Å². The standard InChI is InChI=1S/C13H20BNO3/c16-14(17)12-5-3-6-13(11-12)18-10-4-9-15-7-1-2-8-15/h3,5-6,11,16-17H,1-2,4,7-10H2. The molecule has 1 aliphatic heterocycles. The van der Waals surface area contributed by atoms with Crippen molar-refractivity contribution >= 4 is 12.6 Å². The molecular formula is C13H20BNO3. The summed E-state index contributed by atoms with van der Waals surface area (Å²) in [5.74, 6) is 0.696. The summed E-state index contributed by atoms with van der Waals surface area (Å²) in [6, 6.07) is 6.94. The molecule has 1 saturated heterocycles. The van der Waals surface area contributed by atoms with Crippen molar-refractivity contribution in [2.75, 3.05) is 26.2 Å². The molecular weight excluding hydrogens is 229 g/mol. The van der Waals surface area contributed by atoms with E-state index in [-0.39, 0.29) is 0 Å². The maximum atomic E-state index is 9.06. The number of nitrogens with zero attached hydrogens (tertiary/aromatic N) is 1. The van der Waals surface area contributed by atoms with Crippen LogP contribution in [0.15, 0.2) is 24.3 Å². The first-order valence-corrected chi connectivity index (χ1v) is 6.57. The fourth-order valence-corrected chi connectivity index (χ4v) is 2.25. The van der Waals surface area contributed by atoms with Crippen molar-refractivity contribution in [2.45, 2.75) is 19.3 Å². The second-order valence-corrected chi connectivity index (χ2v) is 4.70. The van der Waals surface area contributed by atoms with Crippen LogP contribution in [0.2, 0.25) is 0 Å². The van der Waals surface area contributed by atoms with Gasteiger partial charge in [0.2, 0.25) is 0 Å². The fraction of sp³-hybridized carbons (Fsp3) is 0.538. The van der Waals surface area contributed by atoms with Gasteiger partial charge in [0.05, 0.1) is 6.61 Å². The van der Waals surface area contributed by atoms with Crippen molar-refractivity contribution in [3.8, 4) is 5.75 Å². The summed E-state index contributed by atoms with van der Waals surface area (Å²) >= 11 is 0. The third-order valence-electron chi connectivity index (χ3n) is 3.24. The first-order chi connectivity index (χ1) is 8.75. The topological polar surface area (TPSA) is 52.9 Å². The van der Waals surface area contributed by atoms with Gasteiger partial charge < -0.3 is 19.7 Å². The molecule has 0 aromatic heterocycles. The van der Waals surface area contributed by atoms with Gasteiger partial charge in [-0.25, -0.2) is 0 Å². The van der Waals surface area contributed by atoms with Gasteiger partial charge in [-0.15, -0.1) is 0 Å². The van der Waals surface area contributed by atoms with Gasteiger partial charge in [-0.3, -0.25) is 0 Å². The van der Waals surface area contributed by atoms with Crippen LogP contribution in [-0.2, 0) is 0 Å². The number of hydrogen-bond acceptors (Lipinski definition) is 4. The molecule has 1 aromatic carbocycles. The molecule has 1 fully saturated rings. The van der Waals surface area contributed by atoms with Crippen molar-refractivity contribution in [1.82, 2.24) is 4.90 Å². The number of hydrogen-bond donors (Lipinski definition) is 2. The summed E-state index contributed by atoms with van der Waals surface area (Å²) in [5.41, 5.74) is 0.465. The van der Waals surface area contributed by atoms with Gasteiger partial charge in [0.25, 0.3) is 0 Å². The van der Waals surface area contributed by atoms with Gasteiger partial charge in [-0.1, -0.05) is 12.1 Å². The molecule has 0 saturated carbocycles. The van der Waals surface area contributed by atoms with E-state index < -0.39 is 7.12 Å². The predicted molar refractivity (Wildman–Crippen MR) is 72.1 cm³/mol. The molecule has 18 heavy (non-hydrogen) atoms. The molecule has 0 aliphatic carbocycles. The number of ether oxygens (including phenoxy) is 1. The lowest BCUT2D eigenvalue weighted by molar-refractivity contribution is 0.263. The number of benzene rings is 1. The lowest BCUT2D eigenvalue weighted by Gasteiger charge is -2.14. The molecule has 5 heteroatoms. The number of rotatable bonds is 6. The Morgan fingerprint density at radius 1 is 1.22 bits per heavy atom. The SMILES string of the molecule is OB(O)c1cccc(OCCCN2CCCC2)c1. The summed E-state index contributed by atoms with van der Waals surface area (Å²) in [6.07, 6.45) is 3.64. The largest absolute Gasteiger partial charge is 0.494 e. The van der Waals surface area contributed by atoms with Crippen LogP contribution in [0, 0.1) is 0 Å². The highest BCUT2D eigenvalue weighted by Crippen LogP contribution is 2.10. The maximum Gasteiger partial charge on any atom is 0.488 e. The Hall–Kier alpha value is -1.04. The van der Waals surface area contributed by atoms with Crippen LogP contribution in [0.3, 0.4) is 0 Å². The summed E-state index contributed by atoms with van der Waals surface area (Å²) in [5, 5.41) is 18.1. The van der Waals surface area contributed by atoms with Crippen molar-refractivity contribution in [1.29, 1.82) is 0 Å². The Kier molecular flexibility index (Phi) is 5.05. The van der Waals surface area contributed by atoms with Gasteiger partial charge in [0.15, 0.2) is 0 Å². The fourth-order valence-electron chi connectivity index (χ4n) is 2.25. The zero-order valence-electron chi connectivity index (χ0n) is 10.6. The molecule has 4 nitrogen and oxygen atoms in total. The van der Waals surface area contributed by atoms with E-state index in [1.54, 1.807) is 18.2 Å². The van der Waals surface area contributed by atoms with E-state index in [0.717, 1.165) is 13.0 Å². The van der Waals surface area contributed by atoms with E-state index in [0.29, 0.717) is 17.8 Å². The Bertz CT molecular complexity index is 367. The van der Waals surface area contributed by atoms with Gasteiger partial charge in [0.1, 0.15) is 5.75 Å². The van der Waals surface area contributed by atoms with E-state index in [1.807, 2.05) is 6.07 Å². The lowest BCUT2D eigenvalue weighted by Crippen LogP contribution is -2.29. The minimum absolute atomic E-state index is 0.465. The minimum Gasteiger partial charge on any atom is -0.494 e. The van der Waals surface area contributed by atoms with Crippen LogP contribution in [0.5, 0.6) is 5.75 Å². The van der Waals surface area contributed by atoms with Gasteiger partial charge >= 0.3 is 7.12 Å². The molecule has 0 radical (unpaired) electrons. The first kappa shape index (κ1) is 13.4. The van der Waals surface area contributed by atoms with E-state index in [1.165, 1.54) is 25.9 Å². The van der Waals surface area contributed by atoms with Crippen LogP contribution in [0.4, 0.5) is 0 Å². The van der Waals surface area contributed by atoms with Crippen LogP contribution in [0.1, 0.15) is 19.3 Å². The van der Waals surface area contributed by atoms with Crippen LogP contribution < -0.4 is 10.2 Å². The molecule has 0 spiro atoms. The third kappa shape index (κ3) is 4.01. The minimum atomic E-state index is -1.43. The first-order valence-electron chi connectivity index (χ1n) is 6.57. The summed E-state index contributed by atoms with van der Waals surface area (Å²) in [6.45, 7) is 4.18. The molecule has 0 bridgehead atoms. The van der Waals surface area contributed by atoms with Gasteiger partial charge in [-0.2, -0.15) is 0 Å². The third-order valence-corrected chi connectivity index (χ3v) is 3.24. The van der Waals surface area contributed by atoms with Gasteiger partial charge in [-0.05, 0) is 49.9 Å². The monoisotopic (exact) mass is 249 g/mol. The lowest BCUT2D eigenvalue weighted by atomic mass is 9.80.